The van der Waals surface area contributed by atoms with Gasteiger partial charge in [-0.3, -0.25) is 14.5 Å². The first kappa shape index (κ1) is 21.6. The van der Waals surface area contributed by atoms with Gasteiger partial charge in [0.25, 0.3) is 0 Å². The number of aryl methyl sites for hydroxylation is 1. The molecule has 1 atom stereocenters. The first-order chi connectivity index (χ1) is 14.4. The Morgan fingerprint density at radius 1 is 1.30 bits per heavy atom. The number of ether oxygens (including phenoxy) is 2. The Balaban J connectivity index is 1.69. The summed E-state index contributed by atoms with van der Waals surface area (Å²) in [7, 11) is 6.81. The summed E-state index contributed by atoms with van der Waals surface area (Å²) in [5, 5.41) is 2.88. The maximum Gasteiger partial charge on any atom is 0.237 e. The molecule has 1 aromatic carbocycles. The molecule has 2 heterocycles. The first-order valence-corrected chi connectivity index (χ1v) is 9.85. The average Bonchev–Trinajstić information content (AvgIpc) is 3.14. The van der Waals surface area contributed by atoms with Crippen molar-refractivity contribution >= 4 is 11.8 Å². The Bertz CT molecular complexity index is 897. The van der Waals surface area contributed by atoms with E-state index in [0.29, 0.717) is 37.7 Å². The summed E-state index contributed by atoms with van der Waals surface area (Å²) in [5.41, 5.74) is 0.987. The van der Waals surface area contributed by atoms with Crippen LogP contribution >= 0.6 is 0 Å². The van der Waals surface area contributed by atoms with Gasteiger partial charge < -0.3 is 24.3 Å². The van der Waals surface area contributed by atoms with Crippen molar-refractivity contribution in [2.45, 2.75) is 25.6 Å². The molecule has 0 spiro atoms. The van der Waals surface area contributed by atoms with Crippen molar-refractivity contribution < 1.29 is 19.1 Å². The average molecular weight is 415 g/mol. The molecular weight excluding hydrogens is 386 g/mol. The van der Waals surface area contributed by atoms with E-state index in [2.05, 4.69) is 10.3 Å². The number of imidazole rings is 1. The van der Waals surface area contributed by atoms with Crippen LogP contribution in [0.3, 0.4) is 0 Å². The summed E-state index contributed by atoms with van der Waals surface area (Å²) >= 11 is 0. The Morgan fingerprint density at radius 3 is 2.73 bits per heavy atom. The van der Waals surface area contributed by atoms with Crippen LogP contribution in [0.15, 0.2) is 30.6 Å². The normalized spacial score (nSPS) is 16.8. The topological polar surface area (TPSA) is 88.9 Å². The SMILES string of the molecule is COc1ccc(CN2CCNC(=O)[C@H]2CC(=O)N(C)Cc2nccn2C)cc1OC. The Hall–Kier alpha value is -3.07. The second-order valence-electron chi connectivity index (χ2n) is 7.37. The number of carbonyl (C=O) groups is 2. The van der Waals surface area contributed by atoms with Gasteiger partial charge >= 0.3 is 0 Å². The highest BCUT2D eigenvalue weighted by atomic mass is 16.5. The summed E-state index contributed by atoms with van der Waals surface area (Å²) in [6.07, 6.45) is 3.65. The first-order valence-electron chi connectivity index (χ1n) is 9.85. The quantitative estimate of drug-likeness (QED) is 0.686. The van der Waals surface area contributed by atoms with Crippen LogP contribution in [-0.2, 0) is 29.7 Å². The van der Waals surface area contributed by atoms with Gasteiger partial charge in [-0.1, -0.05) is 6.07 Å². The van der Waals surface area contributed by atoms with E-state index in [1.165, 1.54) is 0 Å². The van der Waals surface area contributed by atoms with Crippen LogP contribution in [0.2, 0.25) is 0 Å². The number of amides is 2. The second kappa shape index (κ2) is 9.62. The van der Waals surface area contributed by atoms with Gasteiger partial charge in [0, 0.05) is 46.1 Å². The van der Waals surface area contributed by atoms with Gasteiger partial charge in [-0.2, -0.15) is 0 Å². The lowest BCUT2D eigenvalue weighted by Gasteiger charge is -2.35. The second-order valence-corrected chi connectivity index (χ2v) is 7.37. The Kier molecular flexibility index (Phi) is 6.94. The van der Waals surface area contributed by atoms with Gasteiger partial charge in [0.2, 0.25) is 11.8 Å². The fourth-order valence-electron chi connectivity index (χ4n) is 3.56. The molecule has 1 aliphatic rings. The van der Waals surface area contributed by atoms with Crippen LogP contribution in [0.25, 0.3) is 0 Å². The molecule has 2 amide bonds. The fourth-order valence-corrected chi connectivity index (χ4v) is 3.56. The molecule has 0 aliphatic carbocycles. The fraction of sp³-hybridized carbons (Fsp3) is 0.476. The molecule has 0 bridgehead atoms. The van der Waals surface area contributed by atoms with Gasteiger partial charge in [-0.25, -0.2) is 4.98 Å². The zero-order valence-electron chi connectivity index (χ0n) is 17.9. The van der Waals surface area contributed by atoms with Crippen molar-refractivity contribution in [1.82, 2.24) is 24.7 Å². The van der Waals surface area contributed by atoms with E-state index in [-0.39, 0.29) is 18.2 Å². The molecule has 1 saturated heterocycles. The third-order valence-electron chi connectivity index (χ3n) is 5.37. The monoisotopic (exact) mass is 415 g/mol. The number of hydrogen-bond acceptors (Lipinski definition) is 6. The number of benzene rings is 1. The van der Waals surface area contributed by atoms with Crippen LogP contribution in [-0.4, -0.2) is 71.6 Å². The highest BCUT2D eigenvalue weighted by Gasteiger charge is 2.32. The number of nitrogens with one attached hydrogen (secondary N) is 1. The van der Waals surface area contributed by atoms with E-state index < -0.39 is 6.04 Å². The molecule has 9 heteroatoms. The van der Waals surface area contributed by atoms with Gasteiger partial charge in [-0.05, 0) is 17.7 Å². The van der Waals surface area contributed by atoms with Gasteiger partial charge in [0.1, 0.15) is 5.82 Å². The van der Waals surface area contributed by atoms with Crippen molar-refractivity contribution in [1.29, 1.82) is 0 Å². The third kappa shape index (κ3) is 4.91. The smallest absolute Gasteiger partial charge is 0.237 e. The standard InChI is InChI=1S/C21H29N5O4/c1-24-9-7-22-19(24)14-25(2)20(27)12-16-21(28)23-8-10-26(16)13-15-5-6-17(29-3)18(11-15)30-4/h5-7,9,11,16H,8,10,12-14H2,1-4H3,(H,23,28)/t16-/m1/s1. The number of aromatic nitrogens is 2. The van der Waals surface area contributed by atoms with Crippen LogP contribution in [0.5, 0.6) is 11.5 Å². The summed E-state index contributed by atoms with van der Waals surface area (Å²) in [4.78, 5) is 33.3. The zero-order chi connectivity index (χ0) is 21.7. The maximum atomic E-state index is 12.8. The van der Waals surface area contributed by atoms with Crippen LogP contribution in [0.1, 0.15) is 17.8 Å². The molecule has 162 valence electrons. The lowest BCUT2D eigenvalue weighted by atomic mass is 10.1. The number of carbonyl (C=O) groups excluding carboxylic acids is 2. The Morgan fingerprint density at radius 2 is 2.07 bits per heavy atom. The molecule has 0 unspecified atom stereocenters. The molecule has 2 aromatic rings. The number of rotatable bonds is 8. The third-order valence-corrected chi connectivity index (χ3v) is 5.37. The number of hydrogen-bond donors (Lipinski definition) is 1. The predicted octanol–water partition coefficient (Wildman–Crippen LogP) is 0.786. The molecule has 30 heavy (non-hydrogen) atoms. The highest BCUT2D eigenvalue weighted by Crippen LogP contribution is 2.28. The minimum absolute atomic E-state index is 0.0997. The molecule has 0 saturated carbocycles. The summed E-state index contributed by atoms with van der Waals surface area (Å²) in [5.74, 6) is 1.86. The lowest BCUT2D eigenvalue weighted by Crippen LogP contribution is -2.56. The summed E-state index contributed by atoms with van der Waals surface area (Å²) < 4.78 is 12.5. The highest BCUT2D eigenvalue weighted by molar-refractivity contribution is 5.88. The van der Waals surface area contributed by atoms with Crippen molar-refractivity contribution in [3.63, 3.8) is 0 Å². The van der Waals surface area contributed by atoms with E-state index in [9.17, 15) is 9.59 Å². The lowest BCUT2D eigenvalue weighted by molar-refractivity contribution is -0.138. The molecular formula is C21H29N5O4. The van der Waals surface area contributed by atoms with Gasteiger partial charge in [0.15, 0.2) is 11.5 Å². The Labute approximate surface area is 176 Å². The molecule has 0 radical (unpaired) electrons. The van der Waals surface area contributed by atoms with E-state index >= 15 is 0 Å². The van der Waals surface area contributed by atoms with E-state index in [4.69, 9.17) is 9.47 Å². The zero-order valence-corrected chi connectivity index (χ0v) is 17.9. The van der Waals surface area contributed by atoms with Crippen LogP contribution < -0.4 is 14.8 Å². The minimum atomic E-state index is -0.525. The number of piperazine rings is 1. The summed E-state index contributed by atoms with van der Waals surface area (Å²) in [6, 6.07) is 5.17. The van der Waals surface area contributed by atoms with Gasteiger partial charge in [0.05, 0.1) is 33.2 Å². The van der Waals surface area contributed by atoms with Crippen molar-refractivity contribution in [3.05, 3.63) is 42.0 Å². The van der Waals surface area contributed by atoms with E-state index in [1.54, 1.807) is 32.4 Å². The molecule has 9 nitrogen and oxygen atoms in total. The minimum Gasteiger partial charge on any atom is -0.493 e. The number of nitrogens with zero attached hydrogens (tertiary/aromatic N) is 4. The van der Waals surface area contributed by atoms with Crippen LogP contribution in [0, 0.1) is 0 Å². The van der Waals surface area contributed by atoms with Crippen molar-refractivity contribution in [2.75, 3.05) is 34.4 Å². The molecule has 1 aromatic heterocycles. The maximum absolute atomic E-state index is 12.8. The molecule has 3 rings (SSSR count). The van der Waals surface area contributed by atoms with Crippen molar-refractivity contribution in [2.24, 2.45) is 7.05 Å². The predicted molar refractivity (Wildman–Crippen MR) is 111 cm³/mol. The summed E-state index contributed by atoms with van der Waals surface area (Å²) in [6.45, 7) is 2.15. The number of methoxy groups -OCH3 is 2. The van der Waals surface area contributed by atoms with Crippen LogP contribution in [0.4, 0.5) is 0 Å². The van der Waals surface area contributed by atoms with E-state index in [0.717, 1.165) is 11.4 Å². The molecule has 1 N–H and O–H groups in total. The molecule has 1 aliphatic heterocycles. The van der Waals surface area contributed by atoms with E-state index in [1.807, 2.05) is 40.9 Å². The van der Waals surface area contributed by atoms with Crippen molar-refractivity contribution in [3.8, 4) is 11.5 Å². The molecule has 1 fully saturated rings. The largest absolute Gasteiger partial charge is 0.493 e. The van der Waals surface area contributed by atoms with Gasteiger partial charge in [-0.15, -0.1) is 0 Å².